The molecule has 0 spiro atoms. The highest BCUT2D eigenvalue weighted by Crippen LogP contribution is 2.19. The molecule has 0 unspecified atom stereocenters. The van der Waals surface area contributed by atoms with Crippen molar-refractivity contribution in [2.24, 2.45) is 5.41 Å². The van der Waals surface area contributed by atoms with E-state index in [1.165, 1.54) is 0 Å². The summed E-state index contributed by atoms with van der Waals surface area (Å²) in [6.07, 6.45) is 1.07. The molecular weight excluding hydrogens is 160 g/mol. The number of benzene rings is 1. The second kappa shape index (κ2) is 4.31. The fourth-order valence-electron chi connectivity index (χ4n) is 0.934. The van der Waals surface area contributed by atoms with Gasteiger partial charge in [-0.25, -0.2) is 0 Å². The van der Waals surface area contributed by atoms with Crippen molar-refractivity contribution in [3.05, 3.63) is 30.3 Å². The van der Waals surface area contributed by atoms with E-state index in [2.05, 4.69) is 26.8 Å². The maximum Gasteiger partial charge on any atom is 0.127 e. The normalized spacial score (nSPS) is 11.3. The average Bonchev–Trinajstić information content (AvgIpc) is 2.04. The van der Waals surface area contributed by atoms with Crippen LogP contribution in [0.5, 0.6) is 5.75 Å². The van der Waals surface area contributed by atoms with Gasteiger partial charge in [-0.2, -0.15) is 0 Å². The number of hydrogen-bond acceptors (Lipinski definition) is 1. The lowest BCUT2D eigenvalue weighted by atomic mass is 9.93. The van der Waals surface area contributed by atoms with Gasteiger partial charge in [-0.15, -0.1) is 0 Å². The predicted octanol–water partition coefficient (Wildman–Crippen LogP) is 3.30. The van der Waals surface area contributed by atoms with Crippen LogP contribution in [0.2, 0.25) is 0 Å². The zero-order valence-corrected chi connectivity index (χ0v) is 8.63. The molecule has 13 heavy (non-hydrogen) atoms. The molecule has 1 heteroatoms. The molecule has 0 aliphatic rings. The Kier molecular flexibility index (Phi) is 3.35. The predicted molar refractivity (Wildman–Crippen MR) is 54.8 cm³/mol. The van der Waals surface area contributed by atoms with E-state index in [1.807, 2.05) is 24.3 Å². The van der Waals surface area contributed by atoms with Gasteiger partial charge in [0.05, 0.1) is 6.61 Å². The quantitative estimate of drug-likeness (QED) is 0.688. The molecule has 1 nitrogen and oxygen atoms in total. The molecule has 0 heterocycles. The van der Waals surface area contributed by atoms with Crippen molar-refractivity contribution in [1.82, 2.24) is 0 Å². The van der Waals surface area contributed by atoms with E-state index in [-0.39, 0.29) is 0 Å². The summed E-state index contributed by atoms with van der Waals surface area (Å²) in [4.78, 5) is 0. The smallest absolute Gasteiger partial charge is 0.127 e. The van der Waals surface area contributed by atoms with Gasteiger partial charge in [0.1, 0.15) is 5.75 Å². The summed E-state index contributed by atoms with van der Waals surface area (Å²) in [5.41, 5.74) is 0.342. The van der Waals surface area contributed by atoms with Crippen LogP contribution in [-0.2, 0) is 0 Å². The van der Waals surface area contributed by atoms with E-state index in [0.29, 0.717) is 5.41 Å². The van der Waals surface area contributed by atoms with E-state index in [4.69, 9.17) is 4.74 Å². The van der Waals surface area contributed by atoms with Crippen LogP contribution in [0.1, 0.15) is 27.2 Å². The molecule has 0 fully saturated rings. The van der Waals surface area contributed by atoms with Gasteiger partial charge in [0.2, 0.25) is 0 Å². The second-order valence-electron chi connectivity index (χ2n) is 4.39. The molecule has 0 saturated heterocycles. The fourth-order valence-corrected chi connectivity index (χ4v) is 0.934. The molecule has 1 radical (unpaired) electrons. The molecule has 0 aliphatic carbocycles. The maximum absolute atomic E-state index is 5.53. The Labute approximate surface area is 80.7 Å². The molecule has 1 aromatic rings. The van der Waals surface area contributed by atoms with E-state index < -0.39 is 0 Å². The van der Waals surface area contributed by atoms with Crippen LogP contribution in [0.3, 0.4) is 0 Å². The SMILES string of the molecule is CC(C)(C)CCOc1[c]cccc1. The van der Waals surface area contributed by atoms with Gasteiger partial charge in [0, 0.05) is 6.07 Å². The summed E-state index contributed by atoms with van der Waals surface area (Å²) >= 11 is 0. The minimum Gasteiger partial charge on any atom is -0.493 e. The highest BCUT2D eigenvalue weighted by molar-refractivity contribution is 5.19. The summed E-state index contributed by atoms with van der Waals surface area (Å²) in [5, 5.41) is 0. The zero-order valence-electron chi connectivity index (χ0n) is 8.63. The van der Waals surface area contributed by atoms with E-state index in [1.54, 1.807) is 0 Å². The largest absolute Gasteiger partial charge is 0.493 e. The minimum atomic E-state index is 0.342. The first-order valence-corrected chi connectivity index (χ1v) is 4.67. The Morgan fingerprint density at radius 2 is 2.08 bits per heavy atom. The lowest BCUT2D eigenvalue weighted by Crippen LogP contribution is -2.10. The van der Waals surface area contributed by atoms with Gasteiger partial charge in [-0.1, -0.05) is 39.0 Å². The van der Waals surface area contributed by atoms with Crippen molar-refractivity contribution in [2.75, 3.05) is 6.61 Å². The van der Waals surface area contributed by atoms with Crippen LogP contribution >= 0.6 is 0 Å². The summed E-state index contributed by atoms with van der Waals surface area (Å²) in [6, 6.07) is 10.7. The van der Waals surface area contributed by atoms with Crippen LogP contribution in [0.25, 0.3) is 0 Å². The molecule has 71 valence electrons. The maximum atomic E-state index is 5.53. The van der Waals surface area contributed by atoms with Crippen molar-refractivity contribution in [3.63, 3.8) is 0 Å². The Morgan fingerprint density at radius 1 is 1.31 bits per heavy atom. The van der Waals surface area contributed by atoms with Gasteiger partial charge in [-0.3, -0.25) is 0 Å². The summed E-state index contributed by atoms with van der Waals surface area (Å²) < 4.78 is 5.53. The number of ether oxygens (including phenoxy) is 1. The lowest BCUT2D eigenvalue weighted by Gasteiger charge is -2.17. The van der Waals surface area contributed by atoms with Crippen LogP contribution < -0.4 is 4.74 Å². The molecule has 0 bridgehead atoms. The number of rotatable bonds is 3. The molecule has 0 amide bonds. The zero-order chi connectivity index (χ0) is 9.73. The third-order valence-electron chi connectivity index (χ3n) is 1.79. The fraction of sp³-hybridized carbons (Fsp3) is 0.500. The van der Waals surface area contributed by atoms with Crippen LogP contribution in [-0.4, -0.2) is 6.61 Å². The Morgan fingerprint density at radius 3 is 2.62 bits per heavy atom. The summed E-state index contributed by atoms with van der Waals surface area (Å²) in [6.45, 7) is 7.41. The van der Waals surface area contributed by atoms with Gasteiger partial charge >= 0.3 is 0 Å². The Balaban J connectivity index is 2.29. The first kappa shape index (κ1) is 10.1. The molecule has 0 atom stereocenters. The van der Waals surface area contributed by atoms with E-state index in [9.17, 15) is 0 Å². The van der Waals surface area contributed by atoms with Crippen LogP contribution in [0.15, 0.2) is 24.3 Å². The monoisotopic (exact) mass is 177 g/mol. The Bertz CT molecular complexity index is 233. The van der Waals surface area contributed by atoms with Crippen molar-refractivity contribution in [1.29, 1.82) is 0 Å². The van der Waals surface area contributed by atoms with Crippen molar-refractivity contribution < 1.29 is 4.74 Å². The van der Waals surface area contributed by atoms with Crippen molar-refractivity contribution in [2.45, 2.75) is 27.2 Å². The van der Waals surface area contributed by atoms with Crippen LogP contribution in [0.4, 0.5) is 0 Å². The van der Waals surface area contributed by atoms with E-state index in [0.717, 1.165) is 18.8 Å². The molecule has 0 N–H and O–H groups in total. The third-order valence-corrected chi connectivity index (χ3v) is 1.79. The topological polar surface area (TPSA) is 9.23 Å². The lowest BCUT2D eigenvalue weighted by molar-refractivity contribution is 0.242. The molecule has 0 saturated carbocycles. The molecule has 0 aliphatic heterocycles. The van der Waals surface area contributed by atoms with Gasteiger partial charge in [0.15, 0.2) is 0 Å². The van der Waals surface area contributed by atoms with Gasteiger partial charge < -0.3 is 4.74 Å². The minimum absolute atomic E-state index is 0.342. The standard InChI is InChI=1S/C12H17O/c1-12(2,3)9-10-13-11-7-5-4-6-8-11/h4-7H,9-10H2,1-3H3. The number of para-hydroxylation sites is 1. The van der Waals surface area contributed by atoms with Crippen molar-refractivity contribution >= 4 is 0 Å². The molecule has 1 rings (SSSR count). The second-order valence-corrected chi connectivity index (χ2v) is 4.39. The summed E-state index contributed by atoms with van der Waals surface area (Å²) in [7, 11) is 0. The number of hydrogen-bond donors (Lipinski definition) is 0. The highest BCUT2D eigenvalue weighted by Gasteiger charge is 2.09. The first-order valence-electron chi connectivity index (χ1n) is 4.67. The molecule has 1 aromatic carbocycles. The summed E-state index contributed by atoms with van der Waals surface area (Å²) in [5.74, 6) is 0.840. The van der Waals surface area contributed by atoms with Crippen molar-refractivity contribution in [3.8, 4) is 5.75 Å². The van der Waals surface area contributed by atoms with E-state index >= 15 is 0 Å². The van der Waals surface area contributed by atoms with Gasteiger partial charge in [-0.05, 0) is 17.9 Å². The Hall–Kier alpha value is -0.980. The molecule has 0 aromatic heterocycles. The molecular formula is C12H17O. The van der Waals surface area contributed by atoms with Crippen LogP contribution in [0, 0.1) is 11.5 Å². The van der Waals surface area contributed by atoms with Gasteiger partial charge in [0.25, 0.3) is 0 Å². The third kappa shape index (κ3) is 4.56. The average molecular weight is 177 g/mol. The first-order chi connectivity index (χ1) is 6.08. The highest BCUT2D eigenvalue weighted by atomic mass is 16.5.